The van der Waals surface area contributed by atoms with Crippen molar-refractivity contribution in [3.63, 3.8) is 0 Å². The number of nitrogens with two attached hydrogens (primary N) is 1. The normalized spacial score (nSPS) is 16.1. The first-order valence-corrected chi connectivity index (χ1v) is 6.56. The highest BCUT2D eigenvalue weighted by atomic mass is 32.1. The van der Waals surface area contributed by atoms with E-state index in [2.05, 4.69) is 31.1 Å². The van der Waals surface area contributed by atoms with Crippen LogP contribution in [0, 0.1) is 0 Å². The van der Waals surface area contributed by atoms with Gasteiger partial charge in [-0.05, 0) is 13.3 Å². The number of aliphatic hydroxyl groups excluding tert-OH is 1. The number of aliphatic hydroxyl groups is 1. The second-order valence-corrected chi connectivity index (χ2v) is 6.16. The number of thiazole rings is 1. The third-order valence-corrected chi connectivity index (χ3v) is 3.90. The largest absolute Gasteiger partial charge is 0.396 e. The Hall–Kier alpha value is -0.450. The molecule has 0 spiro atoms. The van der Waals surface area contributed by atoms with Crippen LogP contribution in [0.1, 0.15) is 50.7 Å². The fraction of sp³-hybridized carbons (Fsp3) is 0.750. The third-order valence-electron chi connectivity index (χ3n) is 2.62. The van der Waals surface area contributed by atoms with Gasteiger partial charge >= 0.3 is 0 Å². The molecule has 1 aromatic rings. The number of rotatable bonds is 4. The SMILES string of the molecule is CC(N)C(CCO)c1csc(C(C)(C)C)n1. The van der Waals surface area contributed by atoms with Crippen molar-refractivity contribution in [3.05, 3.63) is 16.1 Å². The summed E-state index contributed by atoms with van der Waals surface area (Å²) < 4.78 is 0. The van der Waals surface area contributed by atoms with E-state index in [1.54, 1.807) is 11.3 Å². The minimum absolute atomic E-state index is 0.0297. The van der Waals surface area contributed by atoms with Crippen molar-refractivity contribution in [2.75, 3.05) is 6.61 Å². The molecule has 0 saturated carbocycles. The molecular weight excluding hydrogens is 220 g/mol. The van der Waals surface area contributed by atoms with E-state index in [4.69, 9.17) is 10.8 Å². The molecule has 0 aliphatic heterocycles. The Morgan fingerprint density at radius 2 is 2.12 bits per heavy atom. The fourth-order valence-electron chi connectivity index (χ4n) is 1.62. The van der Waals surface area contributed by atoms with Crippen LogP contribution in [-0.4, -0.2) is 22.7 Å². The molecule has 0 saturated heterocycles. The predicted octanol–water partition coefficient (Wildman–Crippen LogP) is 2.25. The summed E-state index contributed by atoms with van der Waals surface area (Å²) in [6, 6.07) is 0.0297. The van der Waals surface area contributed by atoms with E-state index >= 15 is 0 Å². The maximum Gasteiger partial charge on any atom is 0.0982 e. The first kappa shape index (κ1) is 13.6. The molecule has 0 amide bonds. The van der Waals surface area contributed by atoms with Gasteiger partial charge in [0.1, 0.15) is 0 Å². The molecule has 3 N–H and O–H groups in total. The molecule has 2 unspecified atom stereocenters. The molecule has 16 heavy (non-hydrogen) atoms. The number of hydrogen-bond donors (Lipinski definition) is 2. The molecule has 3 nitrogen and oxygen atoms in total. The Labute approximate surface area is 102 Å². The lowest BCUT2D eigenvalue weighted by Crippen LogP contribution is -2.26. The van der Waals surface area contributed by atoms with Gasteiger partial charge in [-0.3, -0.25) is 0 Å². The average molecular weight is 242 g/mol. The Kier molecular flexibility index (Phi) is 4.47. The van der Waals surface area contributed by atoms with Crippen LogP contribution < -0.4 is 5.73 Å². The van der Waals surface area contributed by atoms with Crippen molar-refractivity contribution >= 4 is 11.3 Å². The van der Waals surface area contributed by atoms with Gasteiger partial charge in [-0.15, -0.1) is 11.3 Å². The lowest BCUT2D eigenvalue weighted by Gasteiger charge is -2.18. The van der Waals surface area contributed by atoms with Gasteiger partial charge in [0.25, 0.3) is 0 Å². The van der Waals surface area contributed by atoms with E-state index in [0.29, 0.717) is 6.42 Å². The lowest BCUT2D eigenvalue weighted by molar-refractivity contribution is 0.268. The first-order chi connectivity index (χ1) is 7.36. The highest BCUT2D eigenvalue weighted by molar-refractivity contribution is 7.09. The van der Waals surface area contributed by atoms with Crippen LogP contribution >= 0.6 is 11.3 Å². The molecule has 0 aliphatic rings. The van der Waals surface area contributed by atoms with Crippen molar-refractivity contribution in [2.24, 2.45) is 5.73 Å². The average Bonchev–Trinajstić information content (AvgIpc) is 2.61. The van der Waals surface area contributed by atoms with Crippen LogP contribution in [0.15, 0.2) is 5.38 Å². The Morgan fingerprint density at radius 1 is 1.50 bits per heavy atom. The minimum atomic E-state index is 0.0297. The van der Waals surface area contributed by atoms with Gasteiger partial charge in [0.15, 0.2) is 0 Å². The number of hydrogen-bond acceptors (Lipinski definition) is 4. The summed E-state index contributed by atoms with van der Waals surface area (Å²) in [4.78, 5) is 4.65. The fourth-order valence-corrected chi connectivity index (χ4v) is 2.59. The van der Waals surface area contributed by atoms with Gasteiger partial charge < -0.3 is 10.8 Å². The molecule has 0 radical (unpaired) electrons. The zero-order valence-electron chi connectivity index (χ0n) is 10.5. The summed E-state index contributed by atoms with van der Waals surface area (Å²) in [5.41, 5.74) is 7.04. The summed E-state index contributed by atoms with van der Waals surface area (Å²) in [5.74, 6) is 0.164. The molecule has 0 aromatic carbocycles. The van der Waals surface area contributed by atoms with Crippen LogP contribution in [0.5, 0.6) is 0 Å². The van der Waals surface area contributed by atoms with Gasteiger partial charge in [0.2, 0.25) is 0 Å². The molecule has 1 aromatic heterocycles. The van der Waals surface area contributed by atoms with Crippen molar-refractivity contribution < 1.29 is 5.11 Å². The molecule has 1 rings (SSSR count). The molecule has 0 bridgehead atoms. The van der Waals surface area contributed by atoms with E-state index in [1.165, 1.54) is 0 Å². The molecule has 0 aliphatic carbocycles. The van der Waals surface area contributed by atoms with E-state index in [9.17, 15) is 0 Å². The van der Waals surface area contributed by atoms with E-state index in [0.717, 1.165) is 10.7 Å². The summed E-state index contributed by atoms with van der Waals surface area (Å²) in [6.45, 7) is 8.60. The van der Waals surface area contributed by atoms with E-state index < -0.39 is 0 Å². The topological polar surface area (TPSA) is 59.1 Å². The van der Waals surface area contributed by atoms with Crippen LogP contribution in [0.2, 0.25) is 0 Å². The van der Waals surface area contributed by atoms with Crippen molar-refractivity contribution in [1.29, 1.82) is 0 Å². The highest BCUT2D eigenvalue weighted by Gasteiger charge is 2.23. The second kappa shape index (κ2) is 5.25. The Morgan fingerprint density at radius 3 is 2.50 bits per heavy atom. The summed E-state index contributed by atoms with van der Waals surface area (Å²) in [6.07, 6.45) is 0.685. The zero-order chi connectivity index (χ0) is 12.3. The third kappa shape index (κ3) is 3.27. The van der Waals surface area contributed by atoms with Gasteiger partial charge in [-0.25, -0.2) is 4.98 Å². The quantitative estimate of drug-likeness (QED) is 0.851. The molecule has 92 valence electrons. The summed E-state index contributed by atoms with van der Waals surface area (Å²) in [7, 11) is 0. The monoisotopic (exact) mass is 242 g/mol. The van der Waals surface area contributed by atoms with Crippen LogP contribution in [0.25, 0.3) is 0 Å². The number of nitrogens with zero attached hydrogens (tertiary/aromatic N) is 1. The summed E-state index contributed by atoms with van der Waals surface area (Å²) in [5, 5.41) is 12.2. The van der Waals surface area contributed by atoms with Crippen LogP contribution in [0.4, 0.5) is 0 Å². The Bertz CT molecular complexity index is 328. The maximum absolute atomic E-state index is 9.03. The van der Waals surface area contributed by atoms with Crippen LogP contribution in [0.3, 0.4) is 0 Å². The highest BCUT2D eigenvalue weighted by Crippen LogP contribution is 2.30. The smallest absolute Gasteiger partial charge is 0.0982 e. The molecule has 1 heterocycles. The van der Waals surface area contributed by atoms with Crippen molar-refractivity contribution in [3.8, 4) is 0 Å². The van der Waals surface area contributed by atoms with Gasteiger partial charge in [-0.1, -0.05) is 20.8 Å². The first-order valence-electron chi connectivity index (χ1n) is 5.68. The second-order valence-electron chi connectivity index (χ2n) is 5.31. The molecule has 0 fully saturated rings. The predicted molar refractivity (Wildman–Crippen MR) is 68.9 cm³/mol. The lowest BCUT2D eigenvalue weighted by atomic mass is 9.94. The van der Waals surface area contributed by atoms with E-state index in [-0.39, 0.29) is 24.0 Å². The zero-order valence-corrected chi connectivity index (χ0v) is 11.3. The Balaban J connectivity index is 2.90. The standard InChI is InChI=1S/C12H22N2OS/c1-8(13)9(5-6-15)10-7-16-11(14-10)12(2,3)4/h7-9,15H,5-6,13H2,1-4H3. The van der Waals surface area contributed by atoms with Crippen molar-refractivity contribution in [2.45, 2.75) is 51.5 Å². The minimum Gasteiger partial charge on any atom is -0.396 e. The van der Waals surface area contributed by atoms with Gasteiger partial charge in [-0.2, -0.15) is 0 Å². The molecule has 2 atom stereocenters. The number of aromatic nitrogens is 1. The van der Waals surface area contributed by atoms with Gasteiger partial charge in [0, 0.05) is 29.4 Å². The molecular formula is C12H22N2OS. The van der Waals surface area contributed by atoms with Gasteiger partial charge in [0.05, 0.1) is 10.7 Å². The van der Waals surface area contributed by atoms with Crippen LogP contribution in [-0.2, 0) is 5.41 Å². The van der Waals surface area contributed by atoms with Crippen molar-refractivity contribution in [1.82, 2.24) is 4.98 Å². The maximum atomic E-state index is 9.03. The summed E-state index contributed by atoms with van der Waals surface area (Å²) >= 11 is 1.68. The van der Waals surface area contributed by atoms with E-state index in [1.807, 2.05) is 6.92 Å². The molecule has 4 heteroatoms.